The van der Waals surface area contributed by atoms with Crippen molar-refractivity contribution < 1.29 is 23.5 Å². The zero-order valence-electron chi connectivity index (χ0n) is 16.7. The van der Waals surface area contributed by atoms with Gasteiger partial charge in [-0.05, 0) is 38.0 Å². The molecule has 3 N–H and O–H groups in total. The first-order valence-electron chi connectivity index (χ1n) is 9.35. The quantitative estimate of drug-likeness (QED) is 0.594. The Labute approximate surface area is 168 Å². The average molecular weight is 408 g/mol. The van der Waals surface area contributed by atoms with Gasteiger partial charge in [-0.15, -0.1) is 0 Å². The maximum absolute atomic E-state index is 13.3. The lowest BCUT2D eigenvalue weighted by molar-refractivity contribution is -0.126. The van der Waals surface area contributed by atoms with Crippen molar-refractivity contribution in [1.29, 1.82) is 0 Å². The zero-order chi connectivity index (χ0) is 21.6. The van der Waals surface area contributed by atoms with Gasteiger partial charge in [0.2, 0.25) is 11.8 Å². The van der Waals surface area contributed by atoms with E-state index in [4.69, 9.17) is 0 Å². The summed E-state index contributed by atoms with van der Waals surface area (Å²) < 4.78 is 28.2. The number of nitrogens with one attached hydrogen (secondary N) is 2. The summed E-state index contributed by atoms with van der Waals surface area (Å²) in [7, 11) is 0. The van der Waals surface area contributed by atoms with Crippen molar-refractivity contribution in [2.45, 2.75) is 51.6 Å². The molecule has 0 aliphatic carbocycles. The van der Waals surface area contributed by atoms with Crippen molar-refractivity contribution in [1.82, 2.24) is 14.9 Å². The number of aliphatic hydroxyl groups is 1. The molecule has 0 fully saturated rings. The molecular weight excluding hydrogens is 382 g/mol. The summed E-state index contributed by atoms with van der Waals surface area (Å²) in [6, 6.07) is 2.06. The minimum absolute atomic E-state index is 0.105. The summed E-state index contributed by atoms with van der Waals surface area (Å²) in [6.45, 7) is 5.39. The fourth-order valence-electron chi connectivity index (χ4n) is 2.71. The predicted octanol–water partition coefficient (Wildman–Crippen LogP) is 2.35. The zero-order valence-corrected chi connectivity index (χ0v) is 16.7. The SMILES string of the molecule is CCC[C@H](NC(=O)Cc1cc(F)cc(F)c1)C(=O)Nc1cn(C(C)(C)CO)cn1. The molecule has 0 saturated carbocycles. The predicted molar refractivity (Wildman–Crippen MR) is 104 cm³/mol. The van der Waals surface area contributed by atoms with Crippen LogP contribution >= 0.6 is 0 Å². The molecule has 2 amide bonds. The van der Waals surface area contributed by atoms with Crippen LogP contribution in [-0.2, 0) is 21.5 Å². The third-order valence-corrected chi connectivity index (χ3v) is 4.44. The van der Waals surface area contributed by atoms with Gasteiger partial charge in [0.15, 0.2) is 5.82 Å². The highest BCUT2D eigenvalue weighted by Gasteiger charge is 2.23. The number of imidazole rings is 1. The first kappa shape index (κ1) is 22.5. The molecule has 0 spiro atoms. The maximum atomic E-state index is 13.3. The largest absolute Gasteiger partial charge is 0.394 e. The second-order valence-corrected chi connectivity index (χ2v) is 7.49. The number of rotatable bonds is 9. The van der Waals surface area contributed by atoms with Gasteiger partial charge in [0, 0.05) is 12.3 Å². The van der Waals surface area contributed by atoms with Gasteiger partial charge in [-0.2, -0.15) is 0 Å². The number of aliphatic hydroxyl groups excluding tert-OH is 1. The minimum Gasteiger partial charge on any atom is -0.394 e. The number of anilines is 1. The van der Waals surface area contributed by atoms with Crippen molar-refractivity contribution in [3.8, 4) is 0 Å². The summed E-state index contributed by atoms with van der Waals surface area (Å²) in [4.78, 5) is 29.0. The van der Waals surface area contributed by atoms with Crippen molar-refractivity contribution in [3.63, 3.8) is 0 Å². The van der Waals surface area contributed by atoms with Gasteiger partial charge in [-0.3, -0.25) is 9.59 Å². The fourth-order valence-corrected chi connectivity index (χ4v) is 2.71. The number of halogens is 2. The third kappa shape index (κ3) is 6.35. The number of hydrogen-bond donors (Lipinski definition) is 3. The summed E-state index contributed by atoms with van der Waals surface area (Å²) in [5.74, 6) is -2.21. The summed E-state index contributed by atoms with van der Waals surface area (Å²) in [5.41, 5.74) is -0.395. The molecule has 0 aliphatic heterocycles. The molecule has 158 valence electrons. The van der Waals surface area contributed by atoms with Crippen LogP contribution in [0.3, 0.4) is 0 Å². The number of aromatic nitrogens is 2. The second kappa shape index (κ2) is 9.60. The van der Waals surface area contributed by atoms with E-state index in [0.717, 1.165) is 18.2 Å². The molecule has 1 aromatic heterocycles. The van der Waals surface area contributed by atoms with Gasteiger partial charge in [0.25, 0.3) is 0 Å². The van der Waals surface area contributed by atoms with Crippen LogP contribution in [0.15, 0.2) is 30.7 Å². The van der Waals surface area contributed by atoms with E-state index in [2.05, 4.69) is 15.6 Å². The highest BCUT2D eigenvalue weighted by molar-refractivity contribution is 5.96. The van der Waals surface area contributed by atoms with Crippen LogP contribution in [0, 0.1) is 11.6 Å². The van der Waals surface area contributed by atoms with Crippen LogP contribution in [0.2, 0.25) is 0 Å². The van der Waals surface area contributed by atoms with E-state index in [1.54, 1.807) is 10.8 Å². The van der Waals surface area contributed by atoms with E-state index in [-0.39, 0.29) is 18.6 Å². The van der Waals surface area contributed by atoms with E-state index >= 15 is 0 Å². The molecular formula is C20H26F2N4O3. The number of carbonyl (C=O) groups excluding carboxylic acids is 2. The van der Waals surface area contributed by atoms with E-state index in [1.165, 1.54) is 6.33 Å². The third-order valence-electron chi connectivity index (χ3n) is 4.44. The molecule has 7 nitrogen and oxygen atoms in total. The Hall–Kier alpha value is -2.81. The van der Waals surface area contributed by atoms with Gasteiger partial charge >= 0.3 is 0 Å². The molecule has 1 atom stereocenters. The van der Waals surface area contributed by atoms with Crippen LogP contribution in [0.5, 0.6) is 0 Å². The average Bonchev–Trinajstić information content (AvgIpc) is 3.09. The Morgan fingerprint density at radius 1 is 1.24 bits per heavy atom. The Kier molecular flexibility index (Phi) is 7.44. The highest BCUT2D eigenvalue weighted by atomic mass is 19.1. The van der Waals surface area contributed by atoms with E-state index < -0.39 is 35.0 Å². The van der Waals surface area contributed by atoms with Crippen LogP contribution in [0.4, 0.5) is 14.6 Å². The number of hydrogen-bond acceptors (Lipinski definition) is 4. The molecule has 2 aromatic rings. The summed E-state index contributed by atoms with van der Waals surface area (Å²) in [5, 5.41) is 14.7. The summed E-state index contributed by atoms with van der Waals surface area (Å²) >= 11 is 0. The van der Waals surface area contributed by atoms with Crippen LogP contribution in [0.25, 0.3) is 0 Å². The first-order valence-corrected chi connectivity index (χ1v) is 9.35. The monoisotopic (exact) mass is 408 g/mol. The van der Waals surface area contributed by atoms with Crippen molar-refractivity contribution in [2.75, 3.05) is 11.9 Å². The van der Waals surface area contributed by atoms with Crippen LogP contribution < -0.4 is 10.6 Å². The lowest BCUT2D eigenvalue weighted by Gasteiger charge is -2.23. The smallest absolute Gasteiger partial charge is 0.248 e. The highest BCUT2D eigenvalue weighted by Crippen LogP contribution is 2.17. The second-order valence-electron chi connectivity index (χ2n) is 7.49. The molecule has 0 unspecified atom stereocenters. The minimum atomic E-state index is -0.818. The normalized spacial score (nSPS) is 12.5. The van der Waals surface area contributed by atoms with Gasteiger partial charge < -0.3 is 20.3 Å². The van der Waals surface area contributed by atoms with Crippen LogP contribution in [0.1, 0.15) is 39.2 Å². The van der Waals surface area contributed by atoms with Crippen molar-refractivity contribution >= 4 is 17.6 Å². The van der Waals surface area contributed by atoms with E-state index in [9.17, 15) is 23.5 Å². The Bertz CT molecular complexity index is 847. The standard InChI is InChI=1S/C20H26F2N4O3/c1-4-5-16(24-18(28)8-13-6-14(21)9-15(22)7-13)19(29)25-17-10-26(12-23-17)20(2,3)11-27/h6-7,9-10,12,16,27H,4-5,8,11H2,1-3H3,(H,24,28)(H,25,29)/t16-/m0/s1. The van der Waals surface area contributed by atoms with Crippen molar-refractivity contribution in [2.24, 2.45) is 0 Å². The summed E-state index contributed by atoms with van der Waals surface area (Å²) in [6.07, 6.45) is 3.87. The number of nitrogens with zero attached hydrogens (tertiary/aromatic N) is 2. The van der Waals surface area contributed by atoms with Crippen molar-refractivity contribution in [3.05, 3.63) is 47.9 Å². The fraction of sp³-hybridized carbons (Fsp3) is 0.450. The molecule has 9 heteroatoms. The topological polar surface area (TPSA) is 96.2 Å². The molecule has 1 aromatic carbocycles. The Morgan fingerprint density at radius 2 is 1.90 bits per heavy atom. The lowest BCUT2D eigenvalue weighted by Crippen LogP contribution is -2.44. The van der Waals surface area contributed by atoms with Crippen LogP contribution in [-0.4, -0.2) is 39.1 Å². The molecule has 0 saturated heterocycles. The molecule has 0 bridgehead atoms. The number of benzene rings is 1. The molecule has 0 aliphatic rings. The van der Waals surface area contributed by atoms with Gasteiger partial charge in [0.05, 0.1) is 24.9 Å². The van der Waals surface area contributed by atoms with Gasteiger partial charge in [-0.25, -0.2) is 13.8 Å². The number of amides is 2. The Morgan fingerprint density at radius 3 is 2.48 bits per heavy atom. The van der Waals surface area contributed by atoms with E-state index in [1.807, 2.05) is 20.8 Å². The van der Waals surface area contributed by atoms with Gasteiger partial charge in [-0.1, -0.05) is 13.3 Å². The van der Waals surface area contributed by atoms with E-state index in [0.29, 0.717) is 18.7 Å². The molecule has 1 heterocycles. The Balaban J connectivity index is 2.02. The molecule has 2 rings (SSSR count). The molecule has 29 heavy (non-hydrogen) atoms. The maximum Gasteiger partial charge on any atom is 0.248 e. The van der Waals surface area contributed by atoms with Gasteiger partial charge in [0.1, 0.15) is 17.7 Å². The molecule has 0 radical (unpaired) electrons. The number of carbonyl (C=O) groups is 2. The lowest BCUT2D eigenvalue weighted by atomic mass is 10.1. The first-order chi connectivity index (χ1) is 13.6.